The van der Waals surface area contributed by atoms with Crippen molar-refractivity contribution in [2.45, 2.75) is 6.54 Å². The Labute approximate surface area is 88.3 Å². The number of methoxy groups -OCH3 is 1. The molecular formula is C11H13N3O. The summed E-state index contributed by atoms with van der Waals surface area (Å²) in [5.41, 5.74) is 7.58. The summed E-state index contributed by atoms with van der Waals surface area (Å²) in [6, 6.07) is 5.90. The Morgan fingerprint density at radius 1 is 1.47 bits per heavy atom. The fourth-order valence-electron chi connectivity index (χ4n) is 1.46. The molecule has 2 N–H and O–H groups in total. The fourth-order valence-corrected chi connectivity index (χ4v) is 1.46. The number of nitrogens with two attached hydrogens (primary N) is 1. The molecule has 4 heteroatoms. The van der Waals surface area contributed by atoms with Crippen LogP contribution in [-0.2, 0) is 6.54 Å². The summed E-state index contributed by atoms with van der Waals surface area (Å²) in [6.07, 6.45) is 5.34. The van der Waals surface area contributed by atoms with E-state index in [2.05, 4.69) is 4.98 Å². The Kier molecular flexibility index (Phi) is 2.69. The normalized spacial score (nSPS) is 10.3. The van der Waals surface area contributed by atoms with Crippen LogP contribution in [0.3, 0.4) is 0 Å². The second kappa shape index (κ2) is 4.14. The van der Waals surface area contributed by atoms with E-state index in [1.165, 1.54) is 0 Å². The molecule has 4 nitrogen and oxygen atoms in total. The first-order valence-electron chi connectivity index (χ1n) is 4.70. The molecule has 0 bridgehead atoms. The van der Waals surface area contributed by atoms with Gasteiger partial charge < -0.3 is 15.0 Å². The van der Waals surface area contributed by atoms with Crippen LogP contribution in [0.15, 0.2) is 36.9 Å². The van der Waals surface area contributed by atoms with E-state index < -0.39 is 0 Å². The van der Waals surface area contributed by atoms with Gasteiger partial charge in [-0.15, -0.1) is 0 Å². The Bertz CT molecular complexity index is 437. The van der Waals surface area contributed by atoms with Gasteiger partial charge in [0.1, 0.15) is 5.75 Å². The minimum atomic E-state index is 0.514. The minimum Gasteiger partial charge on any atom is -0.495 e. The summed E-state index contributed by atoms with van der Waals surface area (Å²) in [6.45, 7) is 0.514. The van der Waals surface area contributed by atoms with Crippen molar-refractivity contribution in [1.29, 1.82) is 0 Å². The Morgan fingerprint density at radius 2 is 2.33 bits per heavy atom. The van der Waals surface area contributed by atoms with Crippen LogP contribution >= 0.6 is 0 Å². The topological polar surface area (TPSA) is 53.1 Å². The van der Waals surface area contributed by atoms with Gasteiger partial charge in [-0.25, -0.2) is 4.98 Å². The van der Waals surface area contributed by atoms with Gasteiger partial charge in [0.15, 0.2) is 0 Å². The molecule has 15 heavy (non-hydrogen) atoms. The summed E-state index contributed by atoms with van der Waals surface area (Å²) in [4.78, 5) is 4.00. The smallest absolute Gasteiger partial charge is 0.143 e. The number of ether oxygens (including phenoxy) is 1. The lowest BCUT2D eigenvalue weighted by molar-refractivity contribution is 0.412. The zero-order valence-electron chi connectivity index (χ0n) is 8.55. The van der Waals surface area contributed by atoms with Crippen LogP contribution in [0.2, 0.25) is 0 Å². The van der Waals surface area contributed by atoms with Crippen molar-refractivity contribution >= 4 is 0 Å². The summed E-state index contributed by atoms with van der Waals surface area (Å²) in [7, 11) is 1.65. The molecule has 1 aromatic heterocycles. The summed E-state index contributed by atoms with van der Waals surface area (Å²) in [5, 5.41) is 0. The van der Waals surface area contributed by atoms with E-state index in [9.17, 15) is 0 Å². The monoisotopic (exact) mass is 203 g/mol. The van der Waals surface area contributed by atoms with Crippen LogP contribution in [0.5, 0.6) is 5.75 Å². The van der Waals surface area contributed by atoms with Gasteiger partial charge in [-0.2, -0.15) is 0 Å². The van der Waals surface area contributed by atoms with Crippen LogP contribution in [0.25, 0.3) is 5.69 Å². The maximum atomic E-state index is 5.57. The van der Waals surface area contributed by atoms with Gasteiger partial charge in [0.25, 0.3) is 0 Å². The Balaban J connectivity index is 2.48. The number of imidazole rings is 1. The SMILES string of the molecule is COc1cc(CN)ccc1-n1ccnc1. The molecule has 0 saturated heterocycles. The summed E-state index contributed by atoms with van der Waals surface area (Å²) in [5.74, 6) is 0.802. The van der Waals surface area contributed by atoms with Crippen molar-refractivity contribution in [2.75, 3.05) is 7.11 Å². The van der Waals surface area contributed by atoms with Crippen molar-refractivity contribution in [3.63, 3.8) is 0 Å². The van der Waals surface area contributed by atoms with Crippen LogP contribution in [0.1, 0.15) is 5.56 Å². The van der Waals surface area contributed by atoms with Crippen LogP contribution in [0.4, 0.5) is 0 Å². The van der Waals surface area contributed by atoms with Gasteiger partial charge in [0.05, 0.1) is 19.1 Å². The van der Waals surface area contributed by atoms with E-state index in [0.717, 1.165) is 17.0 Å². The van der Waals surface area contributed by atoms with Crippen molar-refractivity contribution in [3.8, 4) is 11.4 Å². The second-order valence-corrected chi connectivity index (χ2v) is 3.18. The van der Waals surface area contributed by atoms with Gasteiger partial charge in [-0.3, -0.25) is 0 Å². The van der Waals surface area contributed by atoms with E-state index in [0.29, 0.717) is 6.54 Å². The molecule has 0 atom stereocenters. The standard InChI is InChI=1S/C11H13N3O/c1-15-11-6-9(7-12)2-3-10(11)14-5-4-13-8-14/h2-6,8H,7,12H2,1H3. The first-order chi connectivity index (χ1) is 7.35. The molecule has 0 aliphatic heterocycles. The molecule has 0 saturated carbocycles. The van der Waals surface area contributed by atoms with Gasteiger partial charge in [0, 0.05) is 18.9 Å². The lowest BCUT2D eigenvalue weighted by Crippen LogP contribution is -2.00. The van der Waals surface area contributed by atoms with E-state index in [4.69, 9.17) is 10.5 Å². The highest BCUT2D eigenvalue weighted by Crippen LogP contribution is 2.23. The highest BCUT2D eigenvalue weighted by atomic mass is 16.5. The number of hydrogen-bond acceptors (Lipinski definition) is 3. The van der Waals surface area contributed by atoms with Gasteiger partial charge >= 0.3 is 0 Å². The zero-order valence-corrected chi connectivity index (χ0v) is 8.55. The third kappa shape index (κ3) is 1.85. The van der Waals surface area contributed by atoms with E-state index in [1.54, 1.807) is 19.6 Å². The average Bonchev–Trinajstić information content (AvgIpc) is 2.81. The average molecular weight is 203 g/mol. The van der Waals surface area contributed by atoms with Crippen LogP contribution in [-0.4, -0.2) is 16.7 Å². The third-order valence-corrected chi connectivity index (χ3v) is 2.26. The van der Waals surface area contributed by atoms with Crippen molar-refractivity contribution in [2.24, 2.45) is 5.73 Å². The molecule has 0 amide bonds. The van der Waals surface area contributed by atoms with Crippen molar-refractivity contribution in [3.05, 3.63) is 42.5 Å². The first kappa shape index (κ1) is 9.73. The molecule has 0 aliphatic carbocycles. The number of rotatable bonds is 3. The molecular weight excluding hydrogens is 190 g/mol. The molecule has 1 aromatic carbocycles. The van der Waals surface area contributed by atoms with Gasteiger partial charge in [0.2, 0.25) is 0 Å². The molecule has 0 unspecified atom stereocenters. The Hall–Kier alpha value is -1.81. The molecule has 0 aliphatic rings. The van der Waals surface area contributed by atoms with Gasteiger partial charge in [-0.05, 0) is 17.7 Å². The molecule has 0 radical (unpaired) electrons. The Morgan fingerprint density at radius 3 is 2.93 bits per heavy atom. The van der Waals surface area contributed by atoms with Gasteiger partial charge in [-0.1, -0.05) is 6.07 Å². The predicted molar refractivity (Wildman–Crippen MR) is 58.0 cm³/mol. The lowest BCUT2D eigenvalue weighted by atomic mass is 10.2. The molecule has 1 heterocycles. The summed E-state index contributed by atoms with van der Waals surface area (Å²) < 4.78 is 7.21. The molecule has 2 rings (SSSR count). The van der Waals surface area contributed by atoms with E-state index in [1.807, 2.05) is 29.0 Å². The van der Waals surface area contributed by atoms with Crippen LogP contribution < -0.4 is 10.5 Å². The fraction of sp³-hybridized carbons (Fsp3) is 0.182. The second-order valence-electron chi connectivity index (χ2n) is 3.18. The number of nitrogens with zero attached hydrogens (tertiary/aromatic N) is 2. The largest absolute Gasteiger partial charge is 0.495 e. The maximum Gasteiger partial charge on any atom is 0.143 e. The zero-order chi connectivity index (χ0) is 10.7. The number of hydrogen-bond donors (Lipinski definition) is 1. The molecule has 2 aromatic rings. The van der Waals surface area contributed by atoms with E-state index >= 15 is 0 Å². The number of aromatic nitrogens is 2. The quantitative estimate of drug-likeness (QED) is 0.819. The molecule has 78 valence electrons. The molecule has 0 spiro atoms. The third-order valence-electron chi connectivity index (χ3n) is 2.26. The minimum absolute atomic E-state index is 0.514. The predicted octanol–water partition coefficient (Wildman–Crippen LogP) is 1.34. The van der Waals surface area contributed by atoms with Crippen molar-refractivity contribution in [1.82, 2.24) is 9.55 Å². The molecule has 0 fully saturated rings. The highest BCUT2D eigenvalue weighted by molar-refractivity contribution is 5.48. The number of benzene rings is 1. The highest BCUT2D eigenvalue weighted by Gasteiger charge is 2.04. The first-order valence-corrected chi connectivity index (χ1v) is 4.70. The maximum absolute atomic E-state index is 5.57. The van der Waals surface area contributed by atoms with Crippen LogP contribution in [0, 0.1) is 0 Å². The van der Waals surface area contributed by atoms with Crippen molar-refractivity contribution < 1.29 is 4.74 Å². The lowest BCUT2D eigenvalue weighted by Gasteiger charge is -2.10. The summed E-state index contributed by atoms with van der Waals surface area (Å²) >= 11 is 0. The van der Waals surface area contributed by atoms with E-state index in [-0.39, 0.29) is 0 Å².